The molecule has 5 heteroatoms. The number of nitrogens with one attached hydrogen (secondary N) is 1. The second kappa shape index (κ2) is 4.63. The minimum Gasteiger partial charge on any atom is -0.504 e. The number of benzene rings is 1. The average molecular weight is 237 g/mol. The number of hydrogen-bond acceptors (Lipinski definition) is 4. The van der Waals surface area contributed by atoms with Gasteiger partial charge in [-0.15, -0.1) is 0 Å². The molecular formula is C12H15NO4. The SMILES string of the molecule is O=C(O)CC[C@@H]1NCCc2cc(O)c(O)cc21. The summed E-state index contributed by atoms with van der Waals surface area (Å²) in [6.07, 6.45) is 1.33. The van der Waals surface area contributed by atoms with Crippen molar-refractivity contribution in [3.63, 3.8) is 0 Å². The first-order chi connectivity index (χ1) is 8.08. The third-order valence-electron chi connectivity index (χ3n) is 3.04. The molecule has 0 aromatic heterocycles. The van der Waals surface area contributed by atoms with Crippen molar-refractivity contribution in [3.8, 4) is 11.5 Å². The highest BCUT2D eigenvalue weighted by atomic mass is 16.4. The zero-order valence-electron chi connectivity index (χ0n) is 9.31. The maximum atomic E-state index is 10.6. The summed E-state index contributed by atoms with van der Waals surface area (Å²) in [6.45, 7) is 0.751. The number of fused-ring (bicyclic) bond motifs is 1. The van der Waals surface area contributed by atoms with Gasteiger partial charge in [-0.2, -0.15) is 0 Å². The normalized spacial score (nSPS) is 18.7. The van der Waals surface area contributed by atoms with Crippen LogP contribution in [0, 0.1) is 0 Å². The van der Waals surface area contributed by atoms with E-state index >= 15 is 0 Å². The number of phenols is 2. The molecule has 1 atom stereocenters. The molecule has 1 heterocycles. The van der Waals surface area contributed by atoms with Crippen LogP contribution in [0.5, 0.6) is 11.5 Å². The standard InChI is InChI=1S/C12H15NO4/c14-10-5-7-3-4-13-9(1-2-12(16)17)8(7)6-11(10)15/h5-6,9,13-15H,1-4H2,(H,16,17)/t9-/m0/s1. The van der Waals surface area contributed by atoms with Gasteiger partial charge in [0.05, 0.1) is 0 Å². The number of rotatable bonds is 3. The fraction of sp³-hybridized carbons (Fsp3) is 0.417. The Kier molecular flexibility index (Phi) is 3.19. The summed E-state index contributed by atoms with van der Waals surface area (Å²) >= 11 is 0. The topological polar surface area (TPSA) is 89.8 Å². The maximum absolute atomic E-state index is 10.6. The van der Waals surface area contributed by atoms with Crippen molar-refractivity contribution in [3.05, 3.63) is 23.3 Å². The van der Waals surface area contributed by atoms with Gasteiger partial charge in [-0.25, -0.2) is 0 Å². The van der Waals surface area contributed by atoms with Crippen LogP contribution in [-0.4, -0.2) is 27.8 Å². The molecule has 5 nitrogen and oxygen atoms in total. The predicted molar refractivity (Wildman–Crippen MR) is 61.1 cm³/mol. The van der Waals surface area contributed by atoms with Crippen molar-refractivity contribution < 1.29 is 20.1 Å². The highest BCUT2D eigenvalue weighted by Gasteiger charge is 2.22. The van der Waals surface area contributed by atoms with Gasteiger partial charge >= 0.3 is 5.97 Å². The van der Waals surface area contributed by atoms with Gasteiger partial charge in [-0.05, 0) is 42.6 Å². The lowest BCUT2D eigenvalue weighted by atomic mass is 9.91. The van der Waals surface area contributed by atoms with Gasteiger partial charge < -0.3 is 20.6 Å². The molecule has 1 aliphatic rings. The van der Waals surface area contributed by atoms with Gasteiger partial charge in [-0.1, -0.05) is 0 Å². The predicted octanol–water partition coefficient (Wildman–Crippen LogP) is 1.15. The van der Waals surface area contributed by atoms with Crippen molar-refractivity contribution in [2.24, 2.45) is 0 Å². The minimum absolute atomic E-state index is 0.0682. The molecule has 17 heavy (non-hydrogen) atoms. The van der Waals surface area contributed by atoms with E-state index in [-0.39, 0.29) is 24.0 Å². The number of carboxylic acid groups (broad SMARTS) is 1. The molecule has 4 N–H and O–H groups in total. The fourth-order valence-corrected chi connectivity index (χ4v) is 2.19. The summed E-state index contributed by atoms with van der Waals surface area (Å²) in [7, 11) is 0. The van der Waals surface area contributed by atoms with E-state index in [0.717, 1.165) is 24.1 Å². The number of carboxylic acids is 1. The van der Waals surface area contributed by atoms with E-state index in [1.54, 1.807) is 6.07 Å². The van der Waals surface area contributed by atoms with Crippen LogP contribution in [0.2, 0.25) is 0 Å². The molecule has 0 radical (unpaired) electrons. The van der Waals surface area contributed by atoms with Crippen LogP contribution in [0.15, 0.2) is 12.1 Å². The zero-order valence-corrected chi connectivity index (χ0v) is 9.31. The molecule has 1 aromatic rings. The van der Waals surface area contributed by atoms with Crippen LogP contribution in [0.3, 0.4) is 0 Å². The van der Waals surface area contributed by atoms with Gasteiger partial charge in [0.2, 0.25) is 0 Å². The molecule has 1 aromatic carbocycles. The van der Waals surface area contributed by atoms with Gasteiger partial charge in [0, 0.05) is 12.5 Å². The number of carbonyl (C=O) groups is 1. The summed E-state index contributed by atoms with van der Waals surface area (Å²) < 4.78 is 0. The monoisotopic (exact) mass is 237 g/mol. The number of aliphatic carboxylic acids is 1. The molecule has 0 bridgehead atoms. The number of phenolic OH excluding ortho intramolecular Hbond substituents is 2. The van der Waals surface area contributed by atoms with Crippen molar-refractivity contribution in [1.29, 1.82) is 0 Å². The van der Waals surface area contributed by atoms with E-state index in [0.29, 0.717) is 6.42 Å². The summed E-state index contributed by atoms with van der Waals surface area (Å²) in [5, 5.41) is 30.8. The number of hydrogen-bond donors (Lipinski definition) is 4. The lowest BCUT2D eigenvalue weighted by Crippen LogP contribution is -2.30. The van der Waals surface area contributed by atoms with Crippen molar-refractivity contribution in [2.75, 3.05) is 6.54 Å². The van der Waals surface area contributed by atoms with Gasteiger partial charge in [0.25, 0.3) is 0 Å². The molecule has 0 aliphatic carbocycles. The smallest absolute Gasteiger partial charge is 0.303 e. The summed E-state index contributed by atoms with van der Waals surface area (Å²) in [6, 6.07) is 3.00. The molecular weight excluding hydrogens is 222 g/mol. The highest BCUT2D eigenvalue weighted by molar-refractivity contribution is 5.66. The third kappa shape index (κ3) is 2.50. The molecule has 0 saturated heterocycles. The van der Waals surface area contributed by atoms with Crippen molar-refractivity contribution in [2.45, 2.75) is 25.3 Å². The Labute approximate surface area is 98.7 Å². The highest BCUT2D eigenvalue weighted by Crippen LogP contribution is 2.35. The Morgan fingerprint density at radius 3 is 2.76 bits per heavy atom. The first-order valence-electron chi connectivity index (χ1n) is 5.58. The summed E-state index contributed by atoms with van der Waals surface area (Å²) in [5.41, 5.74) is 1.85. The van der Waals surface area contributed by atoms with Gasteiger partial charge in [0.1, 0.15) is 0 Å². The largest absolute Gasteiger partial charge is 0.504 e. The maximum Gasteiger partial charge on any atom is 0.303 e. The molecule has 0 spiro atoms. The average Bonchev–Trinajstić information content (AvgIpc) is 2.28. The molecule has 0 amide bonds. The Morgan fingerprint density at radius 1 is 1.35 bits per heavy atom. The van der Waals surface area contributed by atoms with Crippen molar-refractivity contribution in [1.82, 2.24) is 5.32 Å². The lowest BCUT2D eigenvalue weighted by molar-refractivity contribution is -0.137. The van der Waals surface area contributed by atoms with Crippen LogP contribution in [0.25, 0.3) is 0 Å². The van der Waals surface area contributed by atoms with E-state index in [1.165, 1.54) is 6.07 Å². The van der Waals surface area contributed by atoms with Crippen molar-refractivity contribution >= 4 is 5.97 Å². The van der Waals surface area contributed by atoms with Crippen LogP contribution in [0.1, 0.15) is 30.0 Å². The quantitative estimate of drug-likeness (QED) is 0.592. The summed E-state index contributed by atoms with van der Waals surface area (Å²) in [4.78, 5) is 10.6. The molecule has 0 fully saturated rings. The van der Waals surface area contributed by atoms with E-state index in [1.807, 2.05) is 0 Å². The third-order valence-corrected chi connectivity index (χ3v) is 3.04. The second-order valence-corrected chi connectivity index (χ2v) is 4.23. The van der Waals surface area contributed by atoms with E-state index in [4.69, 9.17) is 5.11 Å². The van der Waals surface area contributed by atoms with E-state index < -0.39 is 5.97 Å². The fourth-order valence-electron chi connectivity index (χ4n) is 2.19. The van der Waals surface area contributed by atoms with Gasteiger partial charge in [0.15, 0.2) is 11.5 Å². The number of aromatic hydroxyl groups is 2. The summed E-state index contributed by atoms with van der Waals surface area (Å²) in [5.74, 6) is -1.11. The zero-order chi connectivity index (χ0) is 12.4. The molecule has 92 valence electrons. The van der Waals surface area contributed by atoms with Crippen LogP contribution in [0.4, 0.5) is 0 Å². The van der Waals surface area contributed by atoms with E-state index in [2.05, 4.69) is 5.32 Å². The van der Waals surface area contributed by atoms with Crippen LogP contribution >= 0.6 is 0 Å². The molecule has 1 aliphatic heterocycles. The molecule has 0 saturated carbocycles. The van der Waals surface area contributed by atoms with Gasteiger partial charge in [-0.3, -0.25) is 4.79 Å². The second-order valence-electron chi connectivity index (χ2n) is 4.23. The van der Waals surface area contributed by atoms with Crippen LogP contribution < -0.4 is 5.32 Å². The van der Waals surface area contributed by atoms with Crippen LogP contribution in [-0.2, 0) is 11.2 Å². The van der Waals surface area contributed by atoms with E-state index in [9.17, 15) is 15.0 Å². The molecule has 2 rings (SSSR count). The Bertz CT molecular complexity index is 444. The molecule has 0 unspecified atom stereocenters. The first-order valence-corrected chi connectivity index (χ1v) is 5.58. The Morgan fingerprint density at radius 2 is 2.06 bits per heavy atom. The lowest BCUT2D eigenvalue weighted by Gasteiger charge is -2.27. The Balaban J connectivity index is 2.24. The first kappa shape index (κ1) is 11.7. The Hall–Kier alpha value is -1.75. The minimum atomic E-state index is -0.832.